The Balaban J connectivity index is 2.34. The number of aromatic hydroxyl groups is 1. The van der Waals surface area contributed by atoms with Crippen molar-refractivity contribution < 1.29 is 24.2 Å². The molecular weight excluding hydrogens is 302 g/mol. The van der Waals surface area contributed by atoms with E-state index in [0.29, 0.717) is 0 Å². The van der Waals surface area contributed by atoms with Gasteiger partial charge in [0.25, 0.3) is 5.69 Å². The van der Waals surface area contributed by atoms with E-state index in [2.05, 4.69) is 0 Å². The molecule has 0 saturated carbocycles. The third-order valence-corrected chi connectivity index (χ3v) is 3.25. The van der Waals surface area contributed by atoms with Crippen LogP contribution in [0.15, 0.2) is 42.5 Å². The van der Waals surface area contributed by atoms with Crippen molar-refractivity contribution in [2.75, 3.05) is 14.2 Å². The number of rotatable bonds is 7. The number of phenolic OH excluding ortho intramolecular Hbond substituents is 1. The van der Waals surface area contributed by atoms with Crippen molar-refractivity contribution in [2.45, 2.75) is 12.9 Å². The Kier molecular flexibility index (Phi) is 5.51. The maximum atomic E-state index is 11.1. The summed E-state index contributed by atoms with van der Waals surface area (Å²) < 4.78 is 15.6. The molecule has 0 bridgehead atoms. The van der Waals surface area contributed by atoms with Crippen molar-refractivity contribution >= 4 is 5.69 Å². The van der Waals surface area contributed by atoms with Gasteiger partial charge in [0.05, 0.1) is 4.92 Å². The zero-order chi connectivity index (χ0) is 16.8. The molecule has 7 nitrogen and oxygen atoms in total. The monoisotopic (exact) mass is 319 g/mol. The highest BCUT2D eigenvalue weighted by molar-refractivity contribution is 5.57. The van der Waals surface area contributed by atoms with Gasteiger partial charge < -0.3 is 19.3 Å². The molecule has 0 amide bonds. The minimum Gasteiger partial charge on any atom is -0.504 e. The fourth-order valence-electron chi connectivity index (χ4n) is 2.15. The largest absolute Gasteiger partial charge is 0.504 e. The zero-order valence-corrected chi connectivity index (χ0v) is 12.8. The lowest BCUT2D eigenvalue weighted by Gasteiger charge is -2.17. The predicted molar refractivity (Wildman–Crippen MR) is 82.3 cm³/mol. The van der Waals surface area contributed by atoms with Crippen LogP contribution in [0.3, 0.4) is 0 Å². The molecule has 2 aromatic rings. The fraction of sp³-hybridized carbons (Fsp3) is 0.250. The second kappa shape index (κ2) is 7.57. The first kappa shape index (κ1) is 16.7. The van der Waals surface area contributed by atoms with Gasteiger partial charge in [0.2, 0.25) is 0 Å². The summed E-state index contributed by atoms with van der Waals surface area (Å²) >= 11 is 0. The molecule has 2 rings (SSSR count). The van der Waals surface area contributed by atoms with Gasteiger partial charge in [-0.15, -0.1) is 0 Å². The molecule has 122 valence electrons. The van der Waals surface area contributed by atoms with E-state index in [-0.39, 0.29) is 29.4 Å². The van der Waals surface area contributed by atoms with Gasteiger partial charge in [0, 0.05) is 20.3 Å². The maximum absolute atomic E-state index is 11.1. The molecule has 0 unspecified atom stereocenters. The molecule has 0 aliphatic rings. The lowest BCUT2D eigenvalue weighted by Crippen LogP contribution is -2.08. The van der Waals surface area contributed by atoms with Gasteiger partial charge in [-0.05, 0) is 11.6 Å². The quantitative estimate of drug-likeness (QED) is 0.479. The summed E-state index contributed by atoms with van der Waals surface area (Å²) in [7, 11) is 2.66. The summed E-state index contributed by atoms with van der Waals surface area (Å²) in [5.41, 5.74) is 0.524. The molecule has 0 saturated heterocycles. The van der Waals surface area contributed by atoms with Crippen molar-refractivity contribution in [1.82, 2.24) is 0 Å². The predicted octanol–water partition coefficient (Wildman–Crippen LogP) is 3.17. The molecule has 0 fully saturated rings. The lowest BCUT2D eigenvalue weighted by molar-refractivity contribution is -0.387. The van der Waals surface area contributed by atoms with Crippen LogP contribution in [-0.2, 0) is 16.1 Å². The molecule has 0 aromatic heterocycles. The maximum Gasteiger partial charge on any atom is 0.281 e. The van der Waals surface area contributed by atoms with Gasteiger partial charge in [0.15, 0.2) is 17.8 Å². The Labute approximate surface area is 133 Å². The molecule has 7 heteroatoms. The number of ether oxygens (including phenoxy) is 3. The van der Waals surface area contributed by atoms with E-state index >= 15 is 0 Å². The van der Waals surface area contributed by atoms with Crippen LogP contribution in [0.2, 0.25) is 0 Å². The number of hydrogen-bond acceptors (Lipinski definition) is 6. The average molecular weight is 319 g/mol. The first-order valence-electron chi connectivity index (χ1n) is 6.81. The van der Waals surface area contributed by atoms with E-state index in [1.165, 1.54) is 26.4 Å². The third kappa shape index (κ3) is 3.77. The van der Waals surface area contributed by atoms with Gasteiger partial charge in [-0.2, -0.15) is 0 Å². The van der Waals surface area contributed by atoms with Crippen LogP contribution in [0.25, 0.3) is 0 Å². The molecule has 0 radical (unpaired) electrons. The van der Waals surface area contributed by atoms with E-state index in [9.17, 15) is 15.2 Å². The number of nitro benzene ring substituents is 1. The van der Waals surface area contributed by atoms with Gasteiger partial charge >= 0.3 is 0 Å². The minimum atomic E-state index is -1.07. The van der Waals surface area contributed by atoms with E-state index in [4.69, 9.17) is 14.2 Å². The van der Waals surface area contributed by atoms with E-state index in [1.807, 2.05) is 30.3 Å². The highest BCUT2D eigenvalue weighted by atomic mass is 16.7. The number of nitro groups is 1. The van der Waals surface area contributed by atoms with E-state index < -0.39 is 11.2 Å². The lowest BCUT2D eigenvalue weighted by atomic mass is 10.1. The number of nitrogens with zero attached hydrogens (tertiary/aromatic N) is 1. The third-order valence-electron chi connectivity index (χ3n) is 3.25. The molecule has 0 atom stereocenters. The van der Waals surface area contributed by atoms with Crippen molar-refractivity contribution in [3.8, 4) is 11.5 Å². The van der Waals surface area contributed by atoms with Crippen molar-refractivity contribution in [3.05, 3.63) is 63.7 Å². The highest BCUT2D eigenvalue weighted by Crippen LogP contribution is 2.41. The van der Waals surface area contributed by atoms with Crippen LogP contribution >= 0.6 is 0 Å². The summed E-state index contributed by atoms with van der Waals surface area (Å²) in [5.74, 6) is -0.252. The molecule has 0 aliphatic carbocycles. The molecule has 1 N–H and O–H groups in total. The Hall–Kier alpha value is -2.64. The average Bonchev–Trinajstić information content (AvgIpc) is 2.56. The number of phenols is 1. The summed E-state index contributed by atoms with van der Waals surface area (Å²) in [6.07, 6.45) is -1.07. The van der Waals surface area contributed by atoms with Crippen molar-refractivity contribution in [1.29, 1.82) is 0 Å². The topological polar surface area (TPSA) is 91.1 Å². The summed E-state index contributed by atoms with van der Waals surface area (Å²) in [5, 5.41) is 21.5. The van der Waals surface area contributed by atoms with Gasteiger partial charge in [0.1, 0.15) is 12.2 Å². The molecule has 0 aliphatic heterocycles. The van der Waals surface area contributed by atoms with Crippen LogP contribution < -0.4 is 4.74 Å². The molecule has 23 heavy (non-hydrogen) atoms. The Morgan fingerprint density at radius 1 is 1.13 bits per heavy atom. The van der Waals surface area contributed by atoms with Crippen LogP contribution in [-0.4, -0.2) is 24.2 Å². The van der Waals surface area contributed by atoms with Crippen LogP contribution in [0.4, 0.5) is 5.69 Å². The van der Waals surface area contributed by atoms with Crippen molar-refractivity contribution in [2.24, 2.45) is 0 Å². The molecular formula is C16H17NO6. The molecule has 0 spiro atoms. The Bertz CT molecular complexity index is 670. The summed E-state index contributed by atoms with van der Waals surface area (Å²) in [4.78, 5) is 10.5. The molecule has 0 heterocycles. The second-order valence-corrected chi connectivity index (χ2v) is 4.68. The fourth-order valence-corrected chi connectivity index (χ4v) is 2.15. The SMILES string of the molecule is COC(OC)c1c([N+](=O)[O-])ccc(OCc2ccccc2)c1O. The first-order valence-corrected chi connectivity index (χ1v) is 6.81. The summed E-state index contributed by atoms with van der Waals surface area (Å²) in [6.45, 7) is 0.219. The van der Waals surface area contributed by atoms with E-state index in [1.54, 1.807) is 0 Å². The van der Waals surface area contributed by atoms with Crippen molar-refractivity contribution in [3.63, 3.8) is 0 Å². The number of benzene rings is 2. The van der Waals surface area contributed by atoms with Gasteiger partial charge in [-0.25, -0.2) is 0 Å². The smallest absolute Gasteiger partial charge is 0.281 e. The number of hydrogen-bond donors (Lipinski definition) is 1. The standard InChI is InChI=1S/C16H17NO6/c1-21-16(22-2)14-12(17(19)20)8-9-13(15(14)18)23-10-11-6-4-3-5-7-11/h3-9,16,18H,10H2,1-2H3. The minimum absolute atomic E-state index is 0.0782. The Morgan fingerprint density at radius 2 is 1.78 bits per heavy atom. The van der Waals surface area contributed by atoms with Crippen LogP contribution in [0.5, 0.6) is 11.5 Å². The van der Waals surface area contributed by atoms with Gasteiger partial charge in [-0.1, -0.05) is 30.3 Å². The zero-order valence-electron chi connectivity index (χ0n) is 12.8. The van der Waals surface area contributed by atoms with Gasteiger partial charge in [-0.3, -0.25) is 10.1 Å². The first-order chi connectivity index (χ1) is 11.1. The molecule has 2 aromatic carbocycles. The van der Waals surface area contributed by atoms with E-state index in [0.717, 1.165) is 5.56 Å². The number of methoxy groups -OCH3 is 2. The summed E-state index contributed by atoms with van der Waals surface area (Å²) in [6, 6.07) is 12.0. The van der Waals surface area contributed by atoms with Crippen LogP contribution in [0.1, 0.15) is 17.4 Å². The normalized spacial score (nSPS) is 10.7. The highest BCUT2D eigenvalue weighted by Gasteiger charge is 2.28. The Morgan fingerprint density at radius 3 is 2.35 bits per heavy atom. The van der Waals surface area contributed by atoms with Crippen LogP contribution in [0, 0.1) is 10.1 Å². The second-order valence-electron chi connectivity index (χ2n) is 4.68.